The molecule has 1 aromatic heterocycles. The Labute approximate surface area is 158 Å². The van der Waals surface area contributed by atoms with Crippen LogP contribution in [0.1, 0.15) is 24.2 Å². The van der Waals surface area contributed by atoms with Crippen LogP contribution in [-0.2, 0) is 0 Å². The third-order valence-electron chi connectivity index (χ3n) is 4.68. The fourth-order valence-electron chi connectivity index (χ4n) is 3.10. The van der Waals surface area contributed by atoms with Crippen molar-refractivity contribution in [2.24, 2.45) is 4.99 Å². The lowest BCUT2D eigenvalue weighted by molar-refractivity contribution is 0.154. The largest absolute Gasteiger partial charge is 0.386 e. The van der Waals surface area contributed by atoms with Gasteiger partial charge in [0.15, 0.2) is 0 Å². The summed E-state index contributed by atoms with van der Waals surface area (Å²) in [6.07, 6.45) is 3.04. The second-order valence-corrected chi connectivity index (χ2v) is 6.57. The molecule has 3 aromatic carbocycles. The molecule has 4 rings (SSSR count). The maximum Gasteiger partial charge on any atom is 0.101 e. The van der Waals surface area contributed by atoms with Crippen molar-refractivity contribution < 1.29 is 5.11 Å². The minimum Gasteiger partial charge on any atom is -0.386 e. The normalized spacial score (nSPS) is 13.9. The third kappa shape index (κ3) is 3.66. The predicted molar refractivity (Wildman–Crippen MR) is 110 cm³/mol. The summed E-state index contributed by atoms with van der Waals surface area (Å²) in [7, 11) is 0. The molecule has 0 bridgehead atoms. The van der Waals surface area contributed by atoms with Crippen molar-refractivity contribution in [3.63, 3.8) is 0 Å². The van der Waals surface area contributed by atoms with Gasteiger partial charge >= 0.3 is 0 Å². The van der Waals surface area contributed by atoms with Crippen LogP contribution in [0.25, 0.3) is 16.7 Å². The average molecular weight is 355 g/mol. The van der Waals surface area contributed by atoms with E-state index in [0.717, 1.165) is 27.8 Å². The van der Waals surface area contributed by atoms with E-state index in [-0.39, 0.29) is 6.04 Å². The third-order valence-corrected chi connectivity index (χ3v) is 4.68. The molecule has 134 valence electrons. The Morgan fingerprint density at radius 1 is 0.926 bits per heavy atom. The van der Waals surface area contributed by atoms with Gasteiger partial charge < -0.3 is 5.11 Å². The fraction of sp³-hybridized carbons (Fsp3) is 0.130. The molecule has 4 aromatic rings. The van der Waals surface area contributed by atoms with Crippen molar-refractivity contribution in [2.45, 2.75) is 19.1 Å². The molecule has 4 nitrogen and oxygen atoms in total. The predicted octanol–water partition coefficient (Wildman–Crippen LogP) is 4.57. The van der Waals surface area contributed by atoms with Crippen LogP contribution in [-0.4, -0.2) is 26.9 Å². The van der Waals surface area contributed by atoms with Crippen LogP contribution >= 0.6 is 0 Å². The van der Waals surface area contributed by atoms with Crippen LogP contribution in [0.4, 0.5) is 0 Å². The zero-order valence-electron chi connectivity index (χ0n) is 15.1. The Morgan fingerprint density at radius 3 is 2.41 bits per heavy atom. The monoisotopic (exact) mass is 355 g/mol. The van der Waals surface area contributed by atoms with E-state index in [1.807, 2.05) is 92.3 Å². The number of benzene rings is 3. The summed E-state index contributed by atoms with van der Waals surface area (Å²) < 4.78 is 2.07. The molecular formula is C23H21N3O. The fourth-order valence-corrected chi connectivity index (χ4v) is 3.10. The second kappa shape index (κ2) is 7.56. The molecule has 0 saturated heterocycles. The molecule has 0 aliphatic carbocycles. The highest BCUT2D eigenvalue weighted by atomic mass is 16.3. The lowest BCUT2D eigenvalue weighted by Crippen LogP contribution is -2.12. The van der Waals surface area contributed by atoms with Crippen LogP contribution in [0.15, 0.2) is 90.2 Å². The molecule has 0 unspecified atom stereocenters. The van der Waals surface area contributed by atoms with Crippen LogP contribution in [0.3, 0.4) is 0 Å². The molecule has 0 aliphatic heterocycles. The van der Waals surface area contributed by atoms with E-state index < -0.39 is 6.10 Å². The number of hydrogen-bond acceptors (Lipinski definition) is 3. The van der Waals surface area contributed by atoms with Crippen molar-refractivity contribution in [1.82, 2.24) is 9.55 Å². The topological polar surface area (TPSA) is 50.4 Å². The van der Waals surface area contributed by atoms with Gasteiger partial charge in [-0.15, -0.1) is 0 Å². The Kier molecular flexibility index (Phi) is 4.81. The van der Waals surface area contributed by atoms with Crippen LogP contribution in [0, 0.1) is 0 Å². The van der Waals surface area contributed by atoms with Gasteiger partial charge in [0.1, 0.15) is 12.4 Å². The Bertz CT molecular complexity index is 1050. The smallest absolute Gasteiger partial charge is 0.101 e. The van der Waals surface area contributed by atoms with Crippen LogP contribution < -0.4 is 0 Å². The van der Waals surface area contributed by atoms with E-state index >= 15 is 0 Å². The molecule has 1 N–H and O–H groups in total. The lowest BCUT2D eigenvalue weighted by atomic mass is 10.0. The molecule has 0 fully saturated rings. The Hall–Kier alpha value is -3.24. The van der Waals surface area contributed by atoms with Crippen molar-refractivity contribution in [3.8, 4) is 5.69 Å². The molecule has 0 amide bonds. The van der Waals surface area contributed by atoms with E-state index in [9.17, 15) is 5.11 Å². The highest BCUT2D eigenvalue weighted by molar-refractivity contribution is 5.81. The summed E-state index contributed by atoms with van der Waals surface area (Å²) in [4.78, 5) is 8.95. The van der Waals surface area contributed by atoms with Crippen molar-refractivity contribution in [2.75, 3.05) is 0 Å². The van der Waals surface area contributed by atoms with Gasteiger partial charge in [-0.2, -0.15) is 0 Å². The van der Waals surface area contributed by atoms with Gasteiger partial charge in [0.25, 0.3) is 0 Å². The first-order chi connectivity index (χ1) is 13.2. The van der Waals surface area contributed by atoms with Gasteiger partial charge in [-0.3, -0.25) is 9.56 Å². The van der Waals surface area contributed by atoms with Crippen LogP contribution in [0.2, 0.25) is 0 Å². The maximum atomic E-state index is 10.4. The summed E-state index contributed by atoms with van der Waals surface area (Å²) in [6.45, 7) is 1.92. The van der Waals surface area contributed by atoms with Gasteiger partial charge in [0.05, 0.1) is 17.1 Å². The summed E-state index contributed by atoms with van der Waals surface area (Å²) in [5, 5.41) is 10.4. The molecule has 0 spiro atoms. The average Bonchev–Trinajstić information content (AvgIpc) is 3.16. The van der Waals surface area contributed by atoms with Gasteiger partial charge in [0.2, 0.25) is 0 Å². The highest BCUT2D eigenvalue weighted by Gasteiger charge is 2.14. The van der Waals surface area contributed by atoms with Crippen molar-refractivity contribution in [3.05, 3.63) is 96.3 Å². The number of aliphatic hydroxyl groups excluding tert-OH is 1. The molecule has 0 radical (unpaired) electrons. The number of aromatic nitrogens is 2. The first kappa shape index (κ1) is 17.2. The van der Waals surface area contributed by atoms with Crippen molar-refractivity contribution >= 4 is 17.2 Å². The Balaban J connectivity index is 1.50. The van der Waals surface area contributed by atoms with E-state index in [4.69, 9.17) is 0 Å². The number of hydrogen-bond donors (Lipinski definition) is 1. The molecule has 4 heteroatoms. The number of imidazole rings is 1. The van der Waals surface area contributed by atoms with Gasteiger partial charge in [0, 0.05) is 11.9 Å². The minimum absolute atomic E-state index is 0.218. The number of aliphatic hydroxyl groups is 1. The number of aliphatic imine (C=N–C) groups is 1. The van der Waals surface area contributed by atoms with Gasteiger partial charge in [-0.1, -0.05) is 54.6 Å². The molecule has 2 atom stereocenters. The summed E-state index contributed by atoms with van der Waals surface area (Å²) >= 11 is 0. The first-order valence-electron chi connectivity index (χ1n) is 9.01. The number of rotatable bonds is 5. The van der Waals surface area contributed by atoms with E-state index in [0.29, 0.717) is 0 Å². The maximum absolute atomic E-state index is 10.4. The molecule has 0 saturated carbocycles. The van der Waals surface area contributed by atoms with Crippen molar-refractivity contribution in [1.29, 1.82) is 0 Å². The molecular weight excluding hydrogens is 334 g/mol. The number of para-hydroxylation sites is 2. The number of nitrogens with zero attached hydrogens (tertiary/aromatic N) is 3. The number of fused-ring (bicyclic) bond motifs is 1. The Morgan fingerprint density at radius 2 is 1.63 bits per heavy atom. The lowest BCUT2D eigenvalue weighted by Gasteiger charge is -2.15. The van der Waals surface area contributed by atoms with E-state index in [1.54, 1.807) is 0 Å². The SMILES string of the molecule is C[C@@H](N=Cc1ccc(-n2cnc3ccccc32)cc1)[C@H](O)c1ccccc1. The minimum atomic E-state index is -0.612. The van der Waals surface area contributed by atoms with Gasteiger partial charge in [-0.25, -0.2) is 4.98 Å². The molecule has 0 aliphatic rings. The zero-order valence-corrected chi connectivity index (χ0v) is 15.1. The standard InChI is InChI=1S/C23H21N3O/c1-17(23(27)19-7-3-2-4-8-19)24-15-18-11-13-20(14-12-18)26-16-25-21-9-5-6-10-22(21)26/h2-17,23,27H,1H3/t17-,23+/m1/s1. The quantitative estimate of drug-likeness (QED) is 0.533. The highest BCUT2D eigenvalue weighted by Crippen LogP contribution is 2.20. The first-order valence-corrected chi connectivity index (χ1v) is 9.01. The summed E-state index contributed by atoms with van der Waals surface area (Å²) in [5.41, 5.74) is 4.99. The van der Waals surface area contributed by atoms with Crippen LogP contribution in [0.5, 0.6) is 0 Å². The summed E-state index contributed by atoms with van der Waals surface area (Å²) in [5.74, 6) is 0. The zero-order chi connectivity index (χ0) is 18.6. The van der Waals surface area contributed by atoms with Gasteiger partial charge in [-0.05, 0) is 42.3 Å². The molecule has 1 heterocycles. The van der Waals surface area contributed by atoms with E-state index in [2.05, 4.69) is 20.6 Å². The van der Waals surface area contributed by atoms with E-state index in [1.165, 1.54) is 0 Å². The summed E-state index contributed by atoms with van der Waals surface area (Å²) in [6, 6.07) is 25.6. The second-order valence-electron chi connectivity index (χ2n) is 6.57. The molecule has 27 heavy (non-hydrogen) atoms.